The maximum absolute atomic E-state index is 12.8. The molecule has 6 heteroatoms. The fourth-order valence-electron chi connectivity index (χ4n) is 2.00. The van der Waals surface area contributed by atoms with Gasteiger partial charge in [0.05, 0.1) is 10.1 Å². The van der Waals surface area contributed by atoms with E-state index in [1.165, 1.54) is 6.07 Å². The van der Waals surface area contributed by atoms with E-state index in [2.05, 4.69) is 0 Å². The third-order valence-corrected chi connectivity index (χ3v) is 4.40. The van der Waals surface area contributed by atoms with Gasteiger partial charge < -0.3 is 4.57 Å². The SMILES string of the molecule is CCSc1cn(C)cc(-c2cccc(C(F)(F)F)c2)c1=S. The van der Waals surface area contributed by atoms with Gasteiger partial charge in [0.25, 0.3) is 0 Å². The van der Waals surface area contributed by atoms with Gasteiger partial charge in [0.2, 0.25) is 0 Å². The summed E-state index contributed by atoms with van der Waals surface area (Å²) in [4.78, 5) is 0.907. The molecule has 21 heavy (non-hydrogen) atoms. The predicted octanol–water partition coefficient (Wildman–Crippen LogP) is 5.55. The molecule has 0 radical (unpaired) electrons. The van der Waals surface area contributed by atoms with Crippen molar-refractivity contribution in [2.45, 2.75) is 18.0 Å². The molecule has 0 saturated heterocycles. The Bertz CT molecular complexity index is 705. The molecule has 0 atom stereocenters. The number of hydrogen-bond acceptors (Lipinski definition) is 2. The highest BCUT2D eigenvalue weighted by molar-refractivity contribution is 7.99. The highest BCUT2D eigenvalue weighted by Gasteiger charge is 2.30. The molecule has 2 aromatic rings. The van der Waals surface area contributed by atoms with E-state index < -0.39 is 11.7 Å². The normalized spacial score (nSPS) is 11.7. The first kappa shape index (κ1) is 16.1. The Morgan fingerprint density at radius 2 is 1.95 bits per heavy atom. The van der Waals surface area contributed by atoms with Crippen molar-refractivity contribution in [3.63, 3.8) is 0 Å². The van der Waals surface area contributed by atoms with Crippen LogP contribution in [-0.4, -0.2) is 10.3 Å². The molecule has 0 spiro atoms. The molecule has 0 aliphatic carbocycles. The predicted molar refractivity (Wildman–Crippen MR) is 83.1 cm³/mol. The second kappa shape index (κ2) is 6.23. The van der Waals surface area contributed by atoms with Crippen LogP contribution in [0.1, 0.15) is 12.5 Å². The van der Waals surface area contributed by atoms with Crippen molar-refractivity contribution in [3.05, 3.63) is 46.7 Å². The second-order valence-corrected chi connectivity index (χ2v) is 6.26. The first-order valence-electron chi connectivity index (χ1n) is 6.33. The number of benzene rings is 1. The van der Waals surface area contributed by atoms with Crippen LogP contribution in [-0.2, 0) is 13.2 Å². The molecule has 1 aromatic heterocycles. The smallest absolute Gasteiger partial charge is 0.355 e. The molecule has 1 nitrogen and oxygen atoms in total. The molecule has 1 heterocycles. The van der Waals surface area contributed by atoms with Crippen molar-refractivity contribution in [2.75, 3.05) is 5.75 Å². The maximum Gasteiger partial charge on any atom is 0.416 e. The zero-order valence-electron chi connectivity index (χ0n) is 11.6. The van der Waals surface area contributed by atoms with E-state index >= 15 is 0 Å². The van der Waals surface area contributed by atoms with Crippen LogP contribution >= 0.6 is 24.0 Å². The van der Waals surface area contributed by atoms with Crippen LogP contribution in [0.5, 0.6) is 0 Å². The third kappa shape index (κ3) is 3.68. The van der Waals surface area contributed by atoms with E-state index in [-0.39, 0.29) is 0 Å². The molecule has 0 bridgehead atoms. The Hall–Kier alpha value is -1.27. The van der Waals surface area contributed by atoms with Crippen molar-refractivity contribution in [3.8, 4) is 11.1 Å². The van der Waals surface area contributed by atoms with Gasteiger partial charge in [-0.1, -0.05) is 31.3 Å². The lowest BCUT2D eigenvalue weighted by atomic mass is 10.0. The summed E-state index contributed by atoms with van der Waals surface area (Å²) in [6.45, 7) is 2.01. The van der Waals surface area contributed by atoms with Crippen LogP contribution in [0.15, 0.2) is 41.6 Å². The molecule has 0 N–H and O–H groups in total. The number of pyridine rings is 1. The first-order valence-corrected chi connectivity index (χ1v) is 7.73. The number of thioether (sulfide) groups is 1. The van der Waals surface area contributed by atoms with E-state index in [0.717, 1.165) is 22.8 Å². The largest absolute Gasteiger partial charge is 0.416 e. The molecular formula is C15H14F3NS2. The molecule has 0 fully saturated rings. The van der Waals surface area contributed by atoms with Crippen molar-refractivity contribution in [1.82, 2.24) is 4.57 Å². The molecular weight excluding hydrogens is 315 g/mol. The number of nitrogens with zero attached hydrogens (tertiary/aromatic N) is 1. The van der Waals surface area contributed by atoms with Gasteiger partial charge >= 0.3 is 6.18 Å². The van der Waals surface area contributed by atoms with E-state index in [1.807, 2.05) is 24.7 Å². The van der Waals surface area contributed by atoms with E-state index in [0.29, 0.717) is 15.6 Å². The molecule has 0 saturated carbocycles. The lowest BCUT2D eigenvalue weighted by Crippen LogP contribution is -2.04. The summed E-state index contributed by atoms with van der Waals surface area (Å²) in [5, 5.41) is 0. The summed E-state index contributed by atoms with van der Waals surface area (Å²) < 4.78 is 40.9. The zero-order valence-corrected chi connectivity index (χ0v) is 13.2. The monoisotopic (exact) mass is 329 g/mol. The molecule has 112 valence electrons. The third-order valence-electron chi connectivity index (χ3n) is 2.92. The van der Waals surface area contributed by atoms with Gasteiger partial charge in [0, 0.05) is 29.9 Å². The molecule has 0 aliphatic rings. The summed E-state index contributed by atoms with van der Waals surface area (Å²) in [5.41, 5.74) is 0.478. The molecule has 0 aliphatic heterocycles. The molecule has 0 unspecified atom stereocenters. The minimum Gasteiger partial charge on any atom is -0.355 e. The molecule has 0 amide bonds. The van der Waals surface area contributed by atoms with Gasteiger partial charge in [-0.2, -0.15) is 13.2 Å². The highest BCUT2D eigenvalue weighted by Crippen LogP contribution is 2.33. The number of hydrogen-bond donors (Lipinski definition) is 0. The summed E-state index contributed by atoms with van der Waals surface area (Å²) >= 11 is 7.01. The van der Waals surface area contributed by atoms with Gasteiger partial charge in [0.15, 0.2) is 0 Å². The van der Waals surface area contributed by atoms with E-state index in [4.69, 9.17) is 12.2 Å². The second-order valence-electron chi connectivity index (χ2n) is 4.54. The Kier molecular flexibility index (Phi) is 4.78. The average molecular weight is 329 g/mol. The zero-order chi connectivity index (χ0) is 15.6. The van der Waals surface area contributed by atoms with Crippen molar-refractivity contribution >= 4 is 24.0 Å². The minimum absolute atomic E-state index is 0.490. The summed E-state index contributed by atoms with van der Waals surface area (Å²) in [6, 6.07) is 5.27. The summed E-state index contributed by atoms with van der Waals surface area (Å²) in [6.07, 6.45) is -0.694. The number of aromatic nitrogens is 1. The Morgan fingerprint density at radius 1 is 1.24 bits per heavy atom. The van der Waals surface area contributed by atoms with Crippen molar-refractivity contribution < 1.29 is 13.2 Å². The standard InChI is InChI=1S/C15H14F3NS2/c1-3-21-13-9-19(2)8-12(14(13)20)10-5-4-6-11(7-10)15(16,17)18/h4-9H,3H2,1-2H3. The van der Waals surface area contributed by atoms with Crippen LogP contribution in [0, 0.1) is 4.51 Å². The fourth-order valence-corrected chi connectivity index (χ4v) is 3.20. The van der Waals surface area contributed by atoms with Crippen LogP contribution in [0.3, 0.4) is 0 Å². The van der Waals surface area contributed by atoms with Gasteiger partial charge in [-0.15, -0.1) is 11.8 Å². The topological polar surface area (TPSA) is 4.93 Å². The van der Waals surface area contributed by atoms with Crippen LogP contribution in [0.25, 0.3) is 11.1 Å². The van der Waals surface area contributed by atoms with Gasteiger partial charge in [-0.3, -0.25) is 0 Å². The van der Waals surface area contributed by atoms with Crippen molar-refractivity contribution in [1.29, 1.82) is 0 Å². The van der Waals surface area contributed by atoms with Crippen LogP contribution in [0.2, 0.25) is 0 Å². The first-order chi connectivity index (χ1) is 9.82. The number of halogens is 3. The van der Waals surface area contributed by atoms with Crippen LogP contribution < -0.4 is 0 Å². The summed E-state index contributed by atoms with van der Waals surface area (Å²) in [7, 11) is 1.84. The lowest BCUT2D eigenvalue weighted by Gasteiger charge is -2.12. The fraction of sp³-hybridized carbons (Fsp3) is 0.267. The summed E-state index contributed by atoms with van der Waals surface area (Å²) in [5.74, 6) is 0.857. The average Bonchev–Trinajstić information content (AvgIpc) is 2.42. The maximum atomic E-state index is 12.8. The van der Waals surface area contributed by atoms with E-state index in [9.17, 15) is 13.2 Å². The Balaban J connectivity index is 2.59. The number of rotatable bonds is 3. The van der Waals surface area contributed by atoms with E-state index in [1.54, 1.807) is 24.0 Å². The number of aryl methyl sites for hydroxylation is 1. The van der Waals surface area contributed by atoms with Gasteiger partial charge in [0.1, 0.15) is 0 Å². The van der Waals surface area contributed by atoms with Crippen LogP contribution in [0.4, 0.5) is 13.2 Å². The van der Waals surface area contributed by atoms with Gasteiger partial charge in [-0.05, 0) is 23.4 Å². The quantitative estimate of drug-likeness (QED) is 0.537. The minimum atomic E-state index is -4.35. The van der Waals surface area contributed by atoms with Gasteiger partial charge in [-0.25, -0.2) is 0 Å². The number of alkyl halides is 3. The van der Waals surface area contributed by atoms with Crippen molar-refractivity contribution in [2.24, 2.45) is 7.05 Å². The Morgan fingerprint density at radius 3 is 2.57 bits per heavy atom. The highest BCUT2D eigenvalue weighted by atomic mass is 32.2. The molecule has 1 aromatic carbocycles. The molecule has 2 rings (SSSR count). The Labute approximate surface area is 130 Å². The lowest BCUT2D eigenvalue weighted by molar-refractivity contribution is -0.137.